The number of hydrogen-bond acceptors (Lipinski definition) is 2. The van der Waals surface area contributed by atoms with Crippen molar-refractivity contribution in [2.24, 2.45) is 0 Å². The highest BCUT2D eigenvalue weighted by molar-refractivity contribution is 9.10. The van der Waals surface area contributed by atoms with Crippen LogP contribution in [0.1, 0.15) is 26.3 Å². The Bertz CT molecular complexity index is 457. The van der Waals surface area contributed by atoms with Crippen LogP contribution in [0.4, 0.5) is 4.79 Å². The molecule has 1 aromatic carbocycles. The number of amides is 2. The van der Waals surface area contributed by atoms with E-state index in [1.54, 1.807) is 20.9 Å². The van der Waals surface area contributed by atoms with Crippen LogP contribution in [0.25, 0.3) is 0 Å². The number of carbonyl (C=O) groups is 1. The zero-order chi connectivity index (χ0) is 15.3. The number of urea groups is 1. The maximum absolute atomic E-state index is 12.0. The van der Waals surface area contributed by atoms with Crippen LogP contribution >= 0.6 is 15.9 Å². The zero-order valence-electron chi connectivity index (χ0n) is 12.5. The van der Waals surface area contributed by atoms with Crippen molar-refractivity contribution < 1.29 is 9.90 Å². The van der Waals surface area contributed by atoms with Crippen LogP contribution in [-0.4, -0.2) is 41.3 Å². The van der Waals surface area contributed by atoms with Gasteiger partial charge in [-0.3, -0.25) is 0 Å². The highest BCUT2D eigenvalue weighted by atomic mass is 79.9. The van der Waals surface area contributed by atoms with Gasteiger partial charge in [-0.25, -0.2) is 4.79 Å². The molecule has 0 heterocycles. The molecule has 0 aliphatic rings. The number of hydrogen-bond donors (Lipinski definition) is 2. The summed E-state index contributed by atoms with van der Waals surface area (Å²) in [5.74, 6) is 0. The van der Waals surface area contributed by atoms with Crippen molar-refractivity contribution in [2.75, 3.05) is 13.6 Å². The minimum atomic E-state index is -0.891. The molecule has 0 aromatic heterocycles. The van der Waals surface area contributed by atoms with E-state index in [1.807, 2.05) is 31.2 Å². The largest absolute Gasteiger partial charge is 0.389 e. The van der Waals surface area contributed by atoms with Gasteiger partial charge in [0.2, 0.25) is 0 Å². The first-order valence-corrected chi connectivity index (χ1v) is 7.46. The number of benzene rings is 1. The van der Waals surface area contributed by atoms with E-state index in [0.29, 0.717) is 6.54 Å². The first-order chi connectivity index (χ1) is 9.19. The summed E-state index contributed by atoms with van der Waals surface area (Å²) in [6.07, 6.45) is 0.753. The number of aliphatic hydroxyl groups is 1. The quantitative estimate of drug-likeness (QED) is 0.864. The smallest absolute Gasteiger partial charge is 0.317 e. The van der Waals surface area contributed by atoms with Crippen molar-refractivity contribution in [3.63, 3.8) is 0 Å². The third-order valence-corrected chi connectivity index (χ3v) is 3.60. The Kier molecular flexibility index (Phi) is 6.02. The lowest BCUT2D eigenvalue weighted by atomic mass is 10.1. The van der Waals surface area contributed by atoms with Crippen molar-refractivity contribution in [1.29, 1.82) is 0 Å². The summed E-state index contributed by atoms with van der Waals surface area (Å²) in [5.41, 5.74) is 0.267. The van der Waals surface area contributed by atoms with Gasteiger partial charge in [0.15, 0.2) is 0 Å². The molecule has 0 aliphatic carbocycles. The molecule has 0 bridgehead atoms. The van der Waals surface area contributed by atoms with E-state index in [-0.39, 0.29) is 12.1 Å². The Morgan fingerprint density at radius 3 is 2.60 bits per heavy atom. The molecule has 112 valence electrons. The van der Waals surface area contributed by atoms with Gasteiger partial charge >= 0.3 is 6.03 Å². The van der Waals surface area contributed by atoms with Gasteiger partial charge in [0, 0.05) is 17.6 Å². The molecule has 0 spiro atoms. The van der Waals surface area contributed by atoms with Gasteiger partial charge < -0.3 is 15.3 Å². The van der Waals surface area contributed by atoms with Crippen LogP contribution in [0.15, 0.2) is 28.7 Å². The number of nitrogens with one attached hydrogen (secondary N) is 1. The summed E-state index contributed by atoms with van der Waals surface area (Å²) in [7, 11) is 1.68. The Labute approximate surface area is 129 Å². The third kappa shape index (κ3) is 5.92. The van der Waals surface area contributed by atoms with Crippen LogP contribution in [0, 0.1) is 0 Å². The van der Waals surface area contributed by atoms with Crippen molar-refractivity contribution in [1.82, 2.24) is 10.2 Å². The van der Waals surface area contributed by atoms with Gasteiger partial charge in [-0.05, 0) is 38.8 Å². The molecule has 2 N–H and O–H groups in total. The SMILES string of the molecule is CC(Cc1ccccc1Br)NC(=O)N(C)CC(C)(C)O. The van der Waals surface area contributed by atoms with Crippen LogP contribution in [0.2, 0.25) is 0 Å². The minimum Gasteiger partial charge on any atom is -0.389 e. The molecule has 5 heteroatoms. The molecule has 0 saturated carbocycles. The Morgan fingerprint density at radius 2 is 2.05 bits per heavy atom. The van der Waals surface area contributed by atoms with Gasteiger partial charge in [0.05, 0.1) is 12.1 Å². The molecular weight excluding hydrogens is 320 g/mol. The zero-order valence-corrected chi connectivity index (χ0v) is 14.1. The van der Waals surface area contributed by atoms with Crippen molar-refractivity contribution >= 4 is 22.0 Å². The van der Waals surface area contributed by atoms with Crippen LogP contribution < -0.4 is 5.32 Å². The Morgan fingerprint density at radius 1 is 1.45 bits per heavy atom. The summed E-state index contributed by atoms with van der Waals surface area (Å²) in [6.45, 7) is 5.62. The fourth-order valence-corrected chi connectivity index (χ4v) is 2.46. The summed E-state index contributed by atoms with van der Waals surface area (Å²) < 4.78 is 1.05. The number of likely N-dealkylation sites (N-methyl/N-ethyl adjacent to an activating group) is 1. The van der Waals surface area contributed by atoms with E-state index in [1.165, 1.54) is 4.90 Å². The van der Waals surface area contributed by atoms with Crippen molar-refractivity contribution in [2.45, 2.75) is 38.8 Å². The first-order valence-electron chi connectivity index (χ1n) is 6.66. The molecule has 1 aromatic rings. The fraction of sp³-hybridized carbons (Fsp3) is 0.533. The van der Waals surface area contributed by atoms with Gasteiger partial charge in [0.25, 0.3) is 0 Å². The third-order valence-electron chi connectivity index (χ3n) is 2.82. The normalized spacial score (nSPS) is 12.9. The molecule has 0 radical (unpaired) electrons. The number of nitrogens with zero attached hydrogens (tertiary/aromatic N) is 1. The van der Waals surface area contributed by atoms with E-state index in [4.69, 9.17) is 0 Å². The molecule has 20 heavy (non-hydrogen) atoms. The second-order valence-electron chi connectivity index (χ2n) is 5.81. The van der Waals surface area contributed by atoms with E-state index >= 15 is 0 Å². The minimum absolute atomic E-state index is 0.0189. The van der Waals surface area contributed by atoms with E-state index in [9.17, 15) is 9.90 Å². The molecule has 1 atom stereocenters. The lowest BCUT2D eigenvalue weighted by Gasteiger charge is -2.27. The highest BCUT2D eigenvalue weighted by Crippen LogP contribution is 2.17. The molecule has 2 amide bonds. The Balaban J connectivity index is 2.52. The van der Waals surface area contributed by atoms with Crippen LogP contribution in [0.5, 0.6) is 0 Å². The molecule has 0 fully saturated rings. The van der Waals surface area contributed by atoms with E-state index in [2.05, 4.69) is 21.2 Å². The summed E-state index contributed by atoms with van der Waals surface area (Å²) in [5, 5.41) is 12.6. The molecule has 1 rings (SSSR count). The average Bonchev–Trinajstić information content (AvgIpc) is 2.29. The molecule has 4 nitrogen and oxygen atoms in total. The second kappa shape index (κ2) is 7.09. The first kappa shape index (κ1) is 17.0. The molecular formula is C15H23BrN2O2. The van der Waals surface area contributed by atoms with E-state index < -0.39 is 5.60 Å². The average molecular weight is 343 g/mol. The molecule has 0 aliphatic heterocycles. The van der Waals surface area contributed by atoms with Crippen molar-refractivity contribution in [3.8, 4) is 0 Å². The summed E-state index contributed by atoms with van der Waals surface area (Å²) in [6, 6.07) is 7.82. The van der Waals surface area contributed by atoms with Gasteiger partial charge in [-0.15, -0.1) is 0 Å². The Hall–Kier alpha value is -1.07. The predicted molar refractivity (Wildman–Crippen MR) is 84.8 cm³/mol. The van der Waals surface area contributed by atoms with Gasteiger partial charge in [-0.1, -0.05) is 34.1 Å². The van der Waals surface area contributed by atoms with Gasteiger partial charge in [0.1, 0.15) is 0 Å². The van der Waals surface area contributed by atoms with E-state index in [0.717, 1.165) is 16.5 Å². The monoisotopic (exact) mass is 342 g/mol. The highest BCUT2D eigenvalue weighted by Gasteiger charge is 2.20. The maximum Gasteiger partial charge on any atom is 0.317 e. The topological polar surface area (TPSA) is 52.6 Å². The summed E-state index contributed by atoms with van der Waals surface area (Å²) >= 11 is 3.50. The molecule has 1 unspecified atom stereocenters. The molecule has 0 saturated heterocycles. The maximum atomic E-state index is 12.0. The van der Waals surface area contributed by atoms with Crippen LogP contribution in [0.3, 0.4) is 0 Å². The van der Waals surface area contributed by atoms with Gasteiger partial charge in [-0.2, -0.15) is 0 Å². The van der Waals surface area contributed by atoms with Crippen molar-refractivity contribution in [3.05, 3.63) is 34.3 Å². The second-order valence-corrected chi connectivity index (χ2v) is 6.67. The predicted octanol–water partition coefficient (Wildman–Crippen LogP) is 2.79. The number of rotatable bonds is 5. The summed E-state index contributed by atoms with van der Waals surface area (Å²) in [4.78, 5) is 13.5. The van der Waals surface area contributed by atoms with Crippen LogP contribution in [-0.2, 0) is 6.42 Å². The number of halogens is 1. The lowest BCUT2D eigenvalue weighted by molar-refractivity contribution is 0.0528. The fourth-order valence-electron chi connectivity index (χ4n) is 2.02. The number of carbonyl (C=O) groups excluding carboxylic acids is 1. The standard InChI is InChI=1S/C15H23BrN2O2/c1-11(9-12-7-5-6-8-13(12)16)17-14(19)18(4)10-15(2,3)20/h5-8,11,20H,9-10H2,1-4H3,(H,17,19). The lowest BCUT2D eigenvalue weighted by Crippen LogP contribution is -2.47.